The highest BCUT2D eigenvalue weighted by Crippen LogP contribution is 2.19. The molecule has 7 heteroatoms. The molecule has 110 valence electrons. The molecule has 0 bridgehead atoms. The third-order valence-corrected chi connectivity index (χ3v) is 4.60. The summed E-state index contributed by atoms with van der Waals surface area (Å²) in [5.74, 6) is -0.176. The van der Waals surface area contributed by atoms with E-state index in [1.54, 1.807) is 7.11 Å². The molecule has 1 atom stereocenters. The van der Waals surface area contributed by atoms with Gasteiger partial charge in [0.05, 0.1) is 6.61 Å². The summed E-state index contributed by atoms with van der Waals surface area (Å²) >= 11 is 0. The maximum Gasteiger partial charge on any atom is 0.224 e. The fraction of sp³-hybridized carbons (Fsp3) is 0.462. The number of likely N-dealkylation sites (tertiary alicyclic amines) is 1. The van der Waals surface area contributed by atoms with E-state index in [0.717, 1.165) is 11.1 Å². The van der Waals surface area contributed by atoms with Crippen LogP contribution in [0.1, 0.15) is 17.5 Å². The zero-order valence-electron chi connectivity index (χ0n) is 11.3. The molecule has 6 nitrogen and oxygen atoms in total. The van der Waals surface area contributed by atoms with Crippen molar-refractivity contribution in [1.82, 2.24) is 4.90 Å². The quantitative estimate of drug-likeness (QED) is 0.842. The van der Waals surface area contributed by atoms with Crippen molar-refractivity contribution in [2.45, 2.75) is 24.8 Å². The van der Waals surface area contributed by atoms with Gasteiger partial charge >= 0.3 is 0 Å². The number of hydrogen-bond acceptors (Lipinski definition) is 4. The van der Waals surface area contributed by atoms with Crippen LogP contribution in [0.2, 0.25) is 0 Å². The smallest absolute Gasteiger partial charge is 0.224 e. The molecular weight excluding hydrogens is 280 g/mol. The van der Waals surface area contributed by atoms with Crippen molar-refractivity contribution in [2.75, 3.05) is 13.7 Å². The third kappa shape index (κ3) is 3.56. The molecule has 2 rings (SSSR count). The normalized spacial score (nSPS) is 19.6. The van der Waals surface area contributed by atoms with Gasteiger partial charge in [0.2, 0.25) is 15.9 Å². The Morgan fingerprint density at radius 1 is 1.30 bits per heavy atom. The number of nitrogens with two attached hydrogens (primary N) is 1. The first-order valence-corrected chi connectivity index (χ1v) is 7.87. The summed E-state index contributed by atoms with van der Waals surface area (Å²) in [6.07, 6.45) is -0.0272. The van der Waals surface area contributed by atoms with Gasteiger partial charge in [-0.2, -0.15) is 0 Å². The molecule has 1 amide bonds. The Kier molecular flexibility index (Phi) is 4.42. The first kappa shape index (κ1) is 15.0. The van der Waals surface area contributed by atoms with Gasteiger partial charge in [-0.15, -0.1) is 0 Å². The Morgan fingerprint density at radius 3 is 2.40 bits per heavy atom. The molecule has 1 heterocycles. The van der Waals surface area contributed by atoms with Crippen molar-refractivity contribution in [2.24, 2.45) is 5.14 Å². The summed E-state index contributed by atoms with van der Waals surface area (Å²) < 4.78 is 27.6. The number of hydrogen-bond donors (Lipinski definition) is 1. The summed E-state index contributed by atoms with van der Waals surface area (Å²) in [6, 6.07) is 7.67. The fourth-order valence-electron chi connectivity index (χ4n) is 2.24. The van der Waals surface area contributed by atoms with Gasteiger partial charge in [0.1, 0.15) is 5.25 Å². The first-order chi connectivity index (χ1) is 9.40. The lowest BCUT2D eigenvalue weighted by Crippen LogP contribution is -2.31. The van der Waals surface area contributed by atoms with E-state index in [1.807, 2.05) is 24.3 Å². The molecule has 1 saturated heterocycles. The van der Waals surface area contributed by atoms with Crippen LogP contribution >= 0.6 is 0 Å². The van der Waals surface area contributed by atoms with E-state index in [0.29, 0.717) is 13.2 Å². The molecule has 1 aromatic rings. The highest BCUT2D eigenvalue weighted by atomic mass is 32.2. The second-order valence-electron chi connectivity index (χ2n) is 4.94. The number of ether oxygens (including phenoxy) is 1. The molecule has 1 aromatic carbocycles. The average molecular weight is 298 g/mol. The average Bonchev–Trinajstić information content (AvgIpc) is 2.74. The van der Waals surface area contributed by atoms with Crippen LogP contribution in [-0.2, 0) is 32.7 Å². The molecular formula is C13H18N2O4S. The Hall–Kier alpha value is -1.44. The van der Waals surface area contributed by atoms with Gasteiger partial charge in [0, 0.05) is 26.6 Å². The van der Waals surface area contributed by atoms with Crippen molar-refractivity contribution < 1.29 is 17.9 Å². The van der Waals surface area contributed by atoms with Crippen LogP contribution < -0.4 is 5.14 Å². The Bertz CT molecular complexity index is 583. The summed E-state index contributed by atoms with van der Waals surface area (Å²) in [6.45, 7) is 1.10. The maximum absolute atomic E-state index is 11.8. The van der Waals surface area contributed by atoms with E-state index in [2.05, 4.69) is 0 Å². The molecule has 2 N–H and O–H groups in total. The molecule has 1 aliphatic rings. The van der Waals surface area contributed by atoms with E-state index in [9.17, 15) is 13.2 Å². The highest BCUT2D eigenvalue weighted by molar-refractivity contribution is 7.89. The van der Waals surface area contributed by atoms with E-state index >= 15 is 0 Å². The molecule has 0 spiro atoms. The number of rotatable bonds is 5. The minimum Gasteiger partial charge on any atom is -0.380 e. The van der Waals surface area contributed by atoms with Gasteiger partial charge in [-0.25, -0.2) is 13.6 Å². The third-order valence-electron chi connectivity index (χ3n) is 3.35. The largest absolute Gasteiger partial charge is 0.380 e. The predicted octanol–water partition coefficient (Wildman–Crippen LogP) is 0.222. The van der Waals surface area contributed by atoms with Crippen molar-refractivity contribution in [3.8, 4) is 0 Å². The maximum atomic E-state index is 11.8. The minimum absolute atomic E-state index is 0.0272. The molecule has 0 aliphatic carbocycles. The van der Waals surface area contributed by atoms with Crippen LogP contribution in [-0.4, -0.2) is 38.1 Å². The number of carbonyl (C=O) groups excluding carboxylic acids is 1. The van der Waals surface area contributed by atoms with Crippen LogP contribution in [0.3, 0.4) is 0 Å². The van der Waals surface area contributed by atoms with Crippen LogP contribution in [0, 0.1) is 0 Å². The van der Waals surface area contributed by atoms with Crippen LogP contribution in [0.4, 0.5) is 0 Å². The van der Waals surface area contributed by atoms with E-state index in [1.165, 1.54) is 4.90 Å². The van der Waals surface area contributed by atoms with Crippen molar-refractivity contribution in [1.29, 1.82) is 0 Å². The lowest BCUT2D eigenvalue weighted by Gasteiger charge is -2.16. The Balaban J connectivity index is 2.01. The summed E-state index contributed by atoms with van der Waals surface area (Å²) in [4.78, 5) is 13.3. The van der Waals surface area contributed by atoms with Crippen LogP contribution in [0.25, 0.3) is 0 Å². The van der Waals surface area contributed by atoms with Gasteiger partial charge in [-0.05, 0) is 11.1 Å². The van der Waals surface area contributed by atoms with Crippen molar-refractivity contribution in [3.05, 3.63) is 35.4 Å². The van der Waals surface area contributed by atoms with Gasteiger partial charge in [0.15, 0.2) is 0 Å². The molecule has 1 fully saturated rings. The second kappa shape index (κ2) is 5.90. The topological polar surface area (TPSA) is 89.7 Å². The molecule has 0 saturated carbocycles. The number of primary sulfonamides is 1. The van der Waals surface area contributed by atoms with E-state index in [4.69, 9.17) is 9.88 Å². The van der Waals surface area contributed by atoms with Gasteiger partial charge in [-0.3, -0.25) is 4.79 Å². The zero-order valence-corrected chi connectivity index (χ0v) is 12.1. The number of nitrogens with zero attached hydrogens (tertiary/aromatic N) is 1. The van der Waals surface area contributed by atoms with Crippen LogP contribution in [0.15, 0.2) is 24.3 Å². The number of sulfonamides is 1. The van der Waals surface area contributed by atoms with Gasteiger partial charge in [0.25, 0.3) is 0 Å². The van der Waals surface area contributed by atoms with Crippen molar-refractivity contribution >= 4 is 15.9 Å². The molecule has 1 aliphatic heterocycles. The Labute approximate surface area is 118 Å². The van der Waals surface area contributed by atoms with E-state index in [-0.39, 0.29) is 18.9 Å². The fourth-order valence-corrected chi connectivity index (χ4v) is 3.00. The number of amides is 1. The lowest BCUT2D eigenvalue weighted by molar-refractivity contribution is -0.128. The first-order valence-electron chi connectivity index (χ1n) is 6.26. The molecule has 20 heavy (non-hydrogen) atoms. The number of benzene rings is 1. The monoisotopic (exact) mass is 298 g/mol. The molecule has 1 unspecified atom stereocenters. The van der Waals surface area contributed by atoms with Gasteiger partial charge in [-0.1, -0.05) is 24.3 Å². The second-order valence-corrected chi connectivity index (χ2v) is 6.78. The van der Waals surface area contributed by atoms with Crippen molar-refractivity contribution in [3.63, 3.8) is 0 Å². The number of methoxy groups -OCH3 is 1. The van der Waals surface area contributed by atoms with Crippen LogP contribution in [0.5, 0.6) is 0 Å². The van der Waals surface area contributed by atoms with Gasteiger partial charge < -0.3 is 9.64 Å². The zero-order chi connectivity index (χ0) is 14.8. The molecule has 0 radical (unpaired) electrons. The predicted molar refractivity (Wildman–Crippen MR) is 74.1 cm³/mol. The highest BCUT2D eigenvalue weighted by Gasteiger charge is 2.36. The SMILES string of the molecule is COCc1ccc(CN2CC(S(N)(=O)=O)CC2=O)cc1. The summed E-state index contributed by atoms with van der Waals surface area (Å²) in [7, 11) is -2.02. The Morgan fingerprint density at radius 2 is 1.90 bits per heavy atom. The molecule has 0 aromatic heterocycles. The summed E-state index contributed by atoms with van der Waals surface area (Å²) in [5, 5.41) is 4.30. The lowest BCUT2D eigenvalue weighted by atomic mass is 10.1. The van der Waals surface area contributed by atoms with E-state index < -0.39 is 15.3 Å². The standard InChI is InChI=1S/C13H18N2O4S/c1-19-9-11-4-2-10(3-5-11)7-15-8-12(6-13(15)16)20(14,17)18/h2-5,12H,6-9H2,1H3,(H2,14,17,18). The number of carbonyl (C=O) groups is 1. The minimum atomic E-state index is -3.65. The summed E-state index contributed by atoms with van der Waals surface area (Å²) in [5.41, 5.74) is 2.00.